The topological polar surface area (TPSA) is 109 Å². The number of rotatable bonds is 3. The molecule has 0 aliphatic rings. The van der Waals surface area contributed by atoms with Gasteiger partial charge in [0.25, 0.3) is 0 Å². The molecule has 0 aliphatic heterocycles. The van der Waals surface area contributed by atoms with Crippen LogP contribution in [0.3, 0.4) is 0 Å². The van der Waals surface area contributed by atoms with Crippen LogP contribution in [0.2, 0.25) is 0 Å². The fourth-order valence-corrected chi connectivity index (χ4v) is 2.52. The second-order valence-corrected chi connectivity index (χ2v) is 5.40. The summed E-state index contributed by atoms with van der Waals surface area (Å²) in [4.78, 5) is 14.9. The first kappa shape index (κ1) is 13.6. The highest BCUT2D eigenvalue weighted by atomic mass is 79.9. The van der Waals surface area contributed by atoms with E-state index in [0.29, 0.717) is 17.9 Å². The zero-order valence-corrected chi connectivity index (χ0v) is 12.5. The number of benzene rings is 1. The summed E-state index contributed by atoms with van der Waals surface area (Å²) in [5, 5.41) is 6.24. The highest BCUT2D eigenvalue weighted by Gasteiger charge is 2.11. The summed E-state index contributed by atoms with van der Waals surface area (Å²) in [5.41, 5.74) is 12.3. The molecule has 0 aliphatic carbocycles. The van der Waals surface area contributed by atoms with Gasteiger partial charge in [-0.1, -0.05) is 22.0 Å². The number of nitrogens with two attached hydrogens (primary N) is 2. The van der Waals surface area contributed by atoms with Gasteiger partial charge in [-0.3, -0.25) is 4.68 Å². The second-order valence-electron chi connectivity index (χ2n) is 4.48. The summed E-state index contributed by atoms with van der Waals surface area (Å²) < 4.78 is 7.29. The van der Waals surface area contributed by atoms with Gasteiger partial charge < -0.3 is 16.2 Å². The number of fused-ring (bicyclic) bond motifs is 3. The van der Waals surface area contributed by atoms with Crippen LogP contribution in [-0.2, 0) is 11.3 Å². The van der Waals surface area contributed by atoms with Crippen molar-refractivity contribution in [1.82, 2.24) is 14.8 Å². The van der Waals surface area contributed by atoms with E-state index in [1.807, 2.05) is 24.4 Å². The van der Waals surface area contributed by atoms with Gasteiger partial charge in [-0.25, -0.2) is 9.78 Å². The summed E-state index contributed by atoms with van der Waals surface area (Å²) in [6.07, 6.45) is 1.05. The fourth-order valence-electron chi connectivity index (χ4n) is 2.17. The Morgan fingerprint density at radius 3 is 2.95 bits per heavy atom. The molecule has 2 heterocycles. The number of aromatic nitrogens is 3. The molecule has 1 amide bonds. The fraction of sp³-hybridized carbons (Fsp3) is 0.154. The molecule has 3 aromatic rings. The van der Waals surface area contributed by atoms with Crippen LogP contribution >= 0.6 is 15.9 Å². The smallest absolute Gasteiger partial charge is 0.404 e. The van der Waals surface area contributed by atoms with E-state index in [4.69, 9.17) is 16.2 Å². The van der Waals surface area contributed by atoms with E-state index >= 15 is 0 Å². The van der Waals surface area contributed by atoms with Crippen LogP contribution < -0.4 is 11.5 Å². The van der Waals surface area contributed by atoms with E-state index in [2.05, 4.69) is 26.0 Å². The number of ether oxygens (including phenoxy) is 1. The van der Waals surface area contributed by atoms with Gasteiger partial charge in [-0.05, 0) is 12.1 Å². The van der Waals surface area contributed by atoms with Crippen LogP contribution in [0.15, 0.2) is 28.9 Å². The molecule has 0 unspecified atom stereocenters. The summed E-state index contributed by atoms with van der Waals surface area (Å²) in [7, 11) is 0. The van der Waals surface area contributed by atoms with Gasteiger partial charge in [0, 0.05) is 21.4 Å². The van der Waals surface area contributed by atoms with Crippen molar-refractivity contribution in [2.24, 2.45) is 5.73 Å². The molecule has 8 heteroatoms. The molecule has 1 aromatic carbocycles. The SMILES string of the molecule is NC(=O)OCCn1cc2c(n1)c(N)nc1cc(Br)ccc12. The highest BCUT2D eigenvalue weighted by Crippen LogP contribution is 2.28. The minimum absolute atomic E-state index is 0.153. The van der Waals surface area contributed by atoms with Crippen molar-refractivity contribution >= 4 is 49.6 Å². The predicted octanol–water partition coefficient (Wildman–Crippen LogP) is 2.02. The molecule has 2 aromatic heterocycles. The van der Waals surface area contributed by atoms with Gasteiger partial charge in [0.1, 0.15) is 12.1 Å². The van der Waals surface area contributed by atoms with Crippen molar-refractivity contribution in [3.05, 3.63) is 28.9 Å². The second kappa shape index (κ2) is 5.21. The summed E-state index contributed by atoms with van der Waals surface area (Å²) in [6, 6.07) is 5.80. The first-order valence-electron chi connectivity index (χ1n) is 6.19. The number of nitrogens with zero attached hydrogens (tertiary/aromatic N) is 3. The quantitative estimate of drug-likeness (QED) is 0.751. The van der Waals surface area contributed by atoms with Crippen LogP contribution in [-0.4, -0.2) is 27.5 Å². The monoisotopic (exact) mass is 349 g/mol. The van der Waals surface area contributed by atoms with Crippen LogP contribution in [0.4, 0.5) is 10.6 Å². The predicted molar refractivity (Wildman–Crippen MR) is 82.7 cm³/mol. The van der Waals surface area contributed by atoms with Crippen molar-refractivity contribution in [3.63, 3.8) is 0 Å². The molecule has 0 saturated heterocycles. The molecule has 0 fully saturated rings. The molecular formula is C13H12BrN5O2. The third kappa shape index (κ3) is 2.62. The number of halogens is 1. The molecule has 0 radical (unpaired) electrons. The van der Waals surface area contributed by atoms with Crippen molar-refractivity contribution in [3.8, 4) is 0 Å². The van der Waals surface area contributed by atoms with E-state index in [-0.39, 0.29) is 6.61 Å². The largest absolute Gasteiger partial charge is 0.448 e. The number of anilines is 1. The Bertz CT molecular complexity index is 845. The van der Waals surface area contributed by atoms with E-state index < -0.39 is 6.09 Å². The van der Waals surface area contributed by atoms with Crippen LogP contribution in [0.25, 0.3) is 21.8 Å². The highest BCUT2D eigenvalue weighted by molar-refractivity contribution is 9.10. The third-order valence-electron chi connectivity index (χ3n) is 3.06. The maximum absolute atomic E-state index is 10.6. The summed E-state index contributed by atoms with van der Waals surface area (Å²) in [5.74, 6) is 0.366. The Morgan fingerprint density at radius 1 is 1.38 bits per heavy atom. The molecule has 108 valence electrons. The minimum Gasteiger partial charge on any atom is -0.448 e. The molecule has 0 saturated carbocycles. The van der Waals surface area contributed by atoms with E-state index in [1.54, 1.807) is 4.68 Å². The lowest BCUT2D eigenvalue weighted by Gasteiger charge is -2.01. The number of pyridine rings is 1. The summed E-state index contributed by atoms with van der Waals surface area (Å²) >= 11 is 3.41. The molecule has 0 atom stereocenters. The molecule has 7 nitrogen and oxygen atoms in total. The van der Waals surface area contributed by atoms with Crippen LogP contribution in [0.5, 0.6) is 0 Å². The molecule has 3 rings (SSSR count). The molecular weight excluding hydrogens is 338 g/mol. The Kier molecular flexibility index (Phi) is 3.38. The first-order chi connectivity index (χ1) is 10.0. The van der Waals surface area contributed by atoms with Crippen LogP contribution in [0, 0.1) is 0 Å². The van der Waals surface area contributed by atoms with Gasteiger partial charge in [-0.15, -0.1) is 0 Å². The number of hydrogen-bond donors (Lipinski definition) is 2. The van der Waals surface area contributed by atoms with E-state index in [0.717, 1.165) is 20.8 Å². The standard InChI is InChI=1S/C13H12BrN5O2/c14-7-1-2-8-9-6-19(3-4-21-13(16)20)18-11(9)12(15)17-10(8)5-7/h1-2,5-6H,3-4H2,(H2,15,17)(H2,16,20). The van der Waals surface area contributed by atoms with Gasteiger partial charge in [0.2, 0.25) is 0 Å². The maximum atomic E-state index is 10.6. The lowest BCUT2D eigenvalue weighted by atomic mass is 10.1. The van der Waals surface area contributed by atoms with Gasteiger partial charge in [0.05, 0.1) is 12.1 Å². The van der Waals surface area contributed by atoms with Gasteiger partial charge >= 0.3 is 6.09 Å². The normalized spacial score (nSPS) is 11.1. The van der Waals surface area contributed by atoms with Crippen molar-refractivity contribution in [2.75, 3.05) is 12.3 Å². The Morgan fingerprint density at radius 2 is 2.19 bits per heavy atom. The average molecular weight is 350 g/mol. The molecule has 4 N–H and O–H groups in total. The summed E-state index contributed by atoms with van der Waals surface area (Å²) in [6.45, 7) is 0.551. The first-order valence-corrected chi connectivity index (χ1v) is 6.98. The number of hydrogen-bond acceptors (Lipinski definition) is 5. The van der Waals surface area contributed by atoms with Crippen molar-refractivity contribution < 1.29 is 9.53 Å². The molecule has 0 bridgehead atoms. The van der Waals surface area contributed by atoms with Crippen LogP contribution in [0.1, 0.15) is 0 Å². The van der Waals surface area contributed by atoms with Crippen molar-refractivity contribution in [1.29, 1.82) is 0 Å². The number of carbonyl (C=O) groups is 1. The zero-order chi connectivity index (χ0) is 15.0. The lowest BCUT2D eigenvalue weighted by molar-refractivity contribution is 0.151. The van der Waals surface area contributed by atoms with E-state index in [1.165, 1.54) is 0 Å². The zero-order valence-electron chi connectivity index (χ0n) is 10.9. The Hall–Kier alpha value is -2.35. The number of carbonyl (C=O) groups excluding carboxylic acids is 1. The number of nitrogen functional groups attached to an aromatic ring is 1. The van der Waals surface area contributed by atoms with Gasteiger partial charge in [0.15, 0.2) is 5.82 Å². The molecule has 21 heavy (non-hydrogen) atoms. The molecule has 0 spiro atoms. The average Bonchev–Trinajstić information content (AvgIpc) is 2.82. The Balaban J connectivity index is 2.05. The lowest BCUT2D eigenvalue weighted by Crippen LogP contribution is -2.16. The minimum atomic E-state index is -0.803. The van der Waals surface area contributed by atoms with Crippen molar-refractivity contribution in [2.45, 2.75) is 6.54 Å². The maximum Gasteiger partial charge on any atom is 0.404 e. The van der Waals surface area contributed by atoms with E-state index in [9.17, 15) is 4.79 Å². The van der Waals surface area contributed by atoms with Gasteiger partial charge in [-0.2, -0.15) is 5.10 Å². The Labute approximate surface area is 128 Å². The number of amides is 1. The number of primary amides is 1. The third-order valence-corrected chi connectivity index (χ3v) is 3.55.